The quantitative estimate of drug-likeness (QED) is 0.475. The molecule has 1 saturated heterocycles. The van der Waals surface area contributed by atoms with Gasteiger partial charge in [-0.05, 0) is 81.7 Å². The number of hydrogen-bond donors (Lipinski definition) is 2. The van der Waals surface area contributed by atoms with Crippen molar-refractivity contribution < 1.29 is 29.0 Å². The van der Waals surface area contributed by atoms with E-state index in [1.807, 2.05) is 63.2 Å². The van der Waals surface area contributed by atoms with Crippen LogP contribution in [-0.4, -0.2) is 76.6 Å². The molecule has 2 aromatic rings. The molecule has 4 rings (SSSR count). The molecule has 2 aromatic carbocycles. The minimum atomic E-state index is -0.993. The van der Waals surface area contributed by atoms with Gasteiger partial charge in [-0.3, -0.25) is 14.4 Å². The lowest BCUT2D eigenvalue weighted by Crippen LogP contribution is -2.42. The minimum Gasteiger partial charge on any atom is -0.481 e. The molecular formula is C32H41N3O6. The van der Waals surface area contributed by atoms with Gasteiger partial charge < -0.3 is 25.0 Å². The molecule has 2 atom stereocenters. The number of carbonyl (C=O) groups excluding carboxylic acids is 3. The highest BCUT2D eigenvalue weighted by molar-refractivity contribution is 5.94. The van der Waals surface area contributed by atoms with Crippen molar-refractivity contribution in [3.05, 3.63) is 70.8 Å². The lowest BCUT2D eigenvalue weighted by molar-refractivity contribution is -0.142. The molecule has 0 saturated carbocycles. The van der Waals surface area contributed by atoms with Crippen molar-refractivity contribution in [3.8, 4) is 0 Å². The number of likely N-dealkylation sites (tertiary alicyclic amines) is 1. The van der Waals surface area contributed by atoms with E-state index in [9.17, 15) is 24.3 Å². The minimum absolute atomic E-state index is 0.153. The maximum Gasteiger partial charge on any atom is 0.410 e. The van der Waals surface area contributed by atoms with Gasteiger partial charge in [0.15, 0.2) is 0 Å². The zero-order valence-electron chi connectivity index (χ0n) is 24.2. The van der Waals surface area contributed by atoms with Gasteiger partial charge in [0.2, 0.25) is 5.91 Å². The van der Waals surface area contributed by atoms with Crippen LogP contribution < -0.4 is 5.32 Å². The average Bonchev–Trinajstić information content (AvgIpc) is 3.07. The highest BCUT2D eigenvalue weighted by Crippen LogP contribution is 2.28. The van der Waals surface area contributed by atoms with Gasteiger partial charge in [-0.2, -0.15) is 0 Å². The molecule has 220 valence electrons. The Balaban J connectivity index is 1.36. The first kappa shape index (κ1) is 30.1. The molecule has 0 spiro atoms. The van der Waals surface area contributed by atoms with E-state index in [2.05, 4.69) is 5.32 Å². The highest BCUT2D eigenvalue weighted by atomic mass is 16.6. The van der Waals surface area contributed by atoms with Gasteiger partial charge in [0, 0.05) is 37.8 Å². The maximum atomic E-state index is 13.2. The summed E-state index contributed by atoms with van der Waals surface area (Å²) in [7, 11) is 0. The topological polar surface area (TPSA) is 116 Å². The van der Waals surface area contributed by atoms with Crippen molar-refractivity contribution in [1.29, 1.82) is 0 Å². The second kappa shape index (κ2) is 13.2. The number of carboxylic acid groups (broad SMARTS) is 1. The summed E-state index contributed by atoms with van der Waals surface area (Å²) in [6, 6.07) is 15.4. The fourth-order valence-electron chi connectivity index (χ4n) is 5.62. The Kier molecular flexibility index (Phi) is 9.68. The summed E-state index contributed by atoms with van der Waals surface area (Å²) < 4.78 is 5.53. The van der Waals surface area contributed by atoms with Crippen LogP contribution in [0.4, 0.5) is 4.79 Å². The standard InChI is InChI=1S/C32H41N3O6/c1-32(2,3)41-31(40)34-16-13-23-11-12-25(18-24(23)14-17-34)29(38)33-21-27-19-26(20-28(36)37)30(39)35(27)15-7-10-22-8-5-4-6-9-22/h4-6,8-9,11-12,18,26-27H,7,10,13-17,19-21H2,1-3H3,(H,33,38)(H,36,37)/t26-,27-/m0/s1. The first-order valence-corrected chi connectivity index (χ1v) is 14.4. The predicted octanol–water partition coefficient (Wildman–Crippen LogP) is 4.08. The molecule has 2 aliphatic heterocycles. The van der Waals surface area contributed by atoms with Crippen LogP contribution in [0.3, 0.4) is 0 Å². The van der Waals surface area contributed by atoms with Crippen molar-refractivity contribution in [2.75, 3.05) is 26.2 Å². The van der Waals surface area contributed by atoms with E-state index in [1.54, 1.807) is 15.9 Å². The number of nitrogens with zero attached hydrogens (tertiary/aromatic N) is 2. The van der Waals surface area contributed by atoms with E-state index in [-0.39, 0.29) is 36.9 Å². The molecule has 0 bridgehead atoms. The van der Waals surface area contributed by atoms with Gasteiger partial charge >= 0.3 is 12.1 Å². The van der Waals surface area contributed by atoms with Crippen molar-refractivity contribution in [2.45, 2.75) is 70.9 Å². The number of carboxylic acids is 1. The Morgan fingerprint density at radius 3 is 2.41 bits per heavy atom. The van der Waals surface area contributed by atoms with Crippen molar-refractivity contribution >= 4 is 23.9 Å². The van der Waals surface area contributed by atoms with Gasteiger partial charge in [0.05, 0.1) is 12.3 Å². The second-order valence-corrected chi connectivity index (χ2v) is 12.0. The summed E-state index contributed by atoms with van der Waals surface area (Å²) in [5, 5.41) is 12.3. The van der Waals surface area contributed by atoms with Crippen LogP contribution in [-0.2, 0) is 33.6 Å². The monoisotopic (exact) mass is 563 g/mol. The fraction of sp³-hybridized carbons (Fsp3) is 0.500. The number of rotatable bonds is 9. The van der Waals surface area contributed by atoms with Crippen molar-refractivity contribution in [1.82, 2.24) is 15.1 Å². The Morgan fingerprint density at radius 1 is 1.02 bits per heavy atom. The second-order valence-electron chi connectivity index (χ2n) is 12.0. The number of amides is 3. The van der Waals surface area contributed by atoms with Crippen molar-refractivity contribution in [3.63, 3.8) is 0 Å². The van der Waals surface area contributed by atoms with E-state index in [0.717, 1.165) is 24.0 Å². The van der Waals surface area contributed by atoms with E-state index in [4.69, 9.17) is 4.74 Å². The molecule has 0 aliphatic carbocycles. The third-order valence-corrected chi connectivity index (χ3v) is 7.68. The van der Waals surface area contributed by atoms with Crippen LogP contribution in [0.25, 0.3) is 0 Å². The molecule has 2 N–H and O–H groups in total. The zero-order valence-corrected chi connectivity index (χ0v) is 24.2. The smallest absolute Gasteiger partial charge is 0.410 e. The summed E-state index contributed by atoms with van der Waals surface area (Å²) in [5.74, 6) is -1.96. The van der Waals surface area contributed by atoms with Crippen LogP contribution in [0.5, 0.6) is 0 Å². The first-order valence-electron chi connectivity index (χ1n) is 14.4. The first-order chi connectivity index (χ1) is 19.5. The van der Waals surface area contributed by atoms with Gasteiger partial charge in [0.1, 0.15) is 5.60 Å². The lowest BCUT2D eigenvalue weighted by atomic mass is 9.99. The molecule has 1 fully saturated rings. The molecule has 3 amide bonds. The Hall–Kier alpha value is -3.88. The summed E-state index contributed by atoms with van der Waals surface area (Å²) in [6.07, 6.45) is 2.75. The van der Waals surface area contributed by atoms with Crippen LogP contribution in [0.1, 0.15) is 67.1 Å². The number of hydrogen-bond acceptors (Lipinski definition) is 5. The van der Waals surface area contributed by atoms with E-state index in [0.29, 0.717) is 44.5 Å². The normalized spacial score (nSPS) is 19.0. The zero-order chi connectivity index (χ0) is 29.6. The molecule has 0 unspecified atom stereocenters. The number of ether oxygens (including phenoxy) is 1. The molecule has 2 heterocycles. The Morgan fingerprint density at radius 2 is 1.73 bits per heavy atom. The number of benzene rings is 2. The molecular weight excluding hydrogens is 522 g/mol. The maximum absolute atomic E-state index is 13.2. The number of fused-ring (bicyclic) bond motifs is 1. The summed E-state index contributed by atoms with van der Waals surface area (Å²) >= 11 is 0. The van der Waals surface area contributed by atoms with Crippen LogP contribution in [0, 0.1) is 5.92 Å². The Labute approximate surface area is 241 Å². The summed E-state index contributed by atoms with van der Waals surface area (Å²) in [6.45, 7) is 7.38. The number of aliphatic carboxylic acids is 1. The van der Waals surface area contributed by atoms with E-state index >= 15 is 0 Å². The average molecular weight is 564 g/mol. The summed E-state index contributed by atoms with van der Waals surface area (Å²) in [4.78, 5) is 53.6. The molecule has 0 radical (unpaired) electrons. The summed E-state index contributed by atoms with van der Waals surface area (Å²) in [5.41, 5.74) is 3.29. The molecule has 41 heavy (non-hydrogen) atoms. The number of carbonyl (C=O) groups is 4. The molecule has 2 aliphatic rings. The molecule has 9 heteroatoms. The third-order valence-electron chi connectivity index (χ3n) is 7.68. The van der Waals surface area contributed by atoms with Crippen LogP contribution in [0.2, 0.25) is 0 Å². The van der Waals surface area contributed by atoms with Crippen molar-refractivity contribution in [2.24, 2.45) is 5.92 Å². The lowest BCUT2D eigenvalue weighted by Gasteiger charge is -2.26. The molecule has 0 aromatic heterocycles. The predicted molar refractivity (Wildman–Crippen MR) is 155 cm³/mol. The SMILES string of the molecule is CC(C)(C)OC(=O)N1CCc2ccc(C(=O)NC[C@@H]3C[C@@H](CC(=O)O)C(=O)N3CCCc3ccccc3)cc2CC1. The molecule has 9 nitrogen and oxygen atoms in total. The largest absolute Gasteiger partial charge is 0.481 e. The number of aryl methyl sites for hydroxylation is 1. The van der Waals surface area contributed by atoms with Gasteiger partial charge in [-0.1, -0.05) is 36.4 Å². The van der Waals surface area contributed by atoms with Crippen LogP contribution >= 0.6 is 0 Å². The van der Waals surface area contributed by atoms with Gasteiger partial charge in [-0.25, -0.2) is 4.79 Å². The van der Waals surface area contributed by atoms with Gasteiger partial charge in [-0.15, -0.1) is 0 Å². The van der Waals surface area contributed by atoms with E-state index < -0.39 is 17.5 Å². The third kappa shape index (κ3) is 8.31. The highest BCUT2D eigenvalue weighted by Gasteiger charge is 2.40. The van der Waals surface area contributed by atoms with E-state index in [1.165, 1.54) is 5.56 Å². The van der Waals surface area contributed by atoms with Crippen LogP contribution in [0.15, 0.2) is 48.5 Å². The Bertz CT molecular complexity index is 1260. The fourth-order valence-corrected chi connectivity index (χ4v) is 5.62. The number of nitrogens with one attached hydrogen (secondary N) is 1. The van der Waals surface area contributed by atoms with Gasteiger partial charge in [0.25, 0.3) is 5.91 Å².